The van der Waals surface area contributed by atoms with E-state index in [1.54, 1.807) is 37.3 Å². The predicted molar refractivity (Wildman–Crippen MR) is 107 cm³/mol. The largest absolute Gasteiger partial charge is 0.479 e. The molecular formula is C16H12Cl4N2O2S. The van der Waals surface area contributed by atoms with E-state index >= 15 is 0 Å². The summed E-state index contributed by atoms with van der Waals surface area (Å²) in [6.45, 7) is 1.57. The maximum absolute atomic E-state index is 12.2. The van der Waals surface area contributed by atoms with E-state index in [2.05, 4.69) is 10.6 Å². The summed E-state index contributed by atoms with van der Waals surface area (Å²) in [5.41, 5.74) is 0.592. The minimum Gasteiger partial charge on any atom is -0.479 e. The molecule has 25 heavy (non-hydrogen) atoms. The Labute approximate surface area is 170 Å². The fraction of sp³-hybridized carbons (Fsp3) is 0.125. The van der Waals surface area contributed by atoms with E-state index in [-0.39, 0.29) is 5.11 Å². The molecule has 1 unspecified atom stereocenters. The van der Waals surface area contributed by atoms with E-state index in [0.29, 0.717) is 31.5 Å². The summed E-state index contributed by atoms with van der Waals surface area (Å²) in [6.07, 6.45) is -0.827. The van der Waals surface area contributed by atoms with Crippen molar-refractivity contribution in [3.8, 4) is 5.75 Å². The molecule has 1 amide bonds. The van der Waals surface area contributed by atoms with Crippen LogP contribution in [0.4, 0.5) is 5.69 Å². The van der Waals surface area contributed by atoms with Gasteiger partial charge in [-0.15, -0.1) is 0 Å². The summed E-state index contributed by atoms with van der Waals surface area (Å²) in [5.74, 6) is -0.0966. The highest BCUT2D eigenvalue weighted by Crippen LogP contribution is 2.28. The molecule has 9 heteroatoms. The van der Waals surface area contributed by atoms with Crippen LogP contribution in [-0.4, -0.2) is 17.1 Å². The molecule has 0 heterocycles. The summed E-state index contributed by atoms with van der Waals surface area (Å²) in [5, 5.41) is 7.03. The van der Waals surface area contributed by atoms with Crippen LogP contribution in [0.3, 0.4) is 0 Å². The van der Waals surface area contributed by atoms with Crippen molar-refractivity contribution in [1.29, 1.82) is 0 Å². The van der Waals surface area contributed by atoms with Crippen molar-refractivity contribution in [2.24, 2.45) is 0 Å². The molecule has 0 bridgehead atoms. The third-order valence-corrected chi connectivity index (χ3v) is 4.45. The molecular weight excluding hydrogens is 426 g/mol. The quantitative estimate of drug-likeness (QED) is 0.613. The van der Waals surface area contributed by atoms with Gasteiger partial charge in [-0.3, -0.25) is 10.1 Å². The molecule has 0 saturated carbocycles. The first-order valence-electron chi connectivity index (χ1n) is 6.95. The summed E-state index contributed by atoms with van der Waals surface area (Å²) in [7, 11) is 0. The van der Waals surface area contributed by atoms with Gasteiger partial charge in [-0.05, 0) is 55.5 Å². The second kappa shape index (κ2) is 8.92. The van der Waals surface area contributed by atoms with Gasteiger partial charge >= 0.3 is 0 Å². The van der Waals surface area contributed by atoms with Gasteiger partial charge in [0.25, 0.3) is 5.91 Å². The van der Waals surface area contributed by atoms with Crippen molar-refractivity contribution < 1.29 is 9.53 Å². The van der Waals surface area contributed by atoms with Crippen LogP contribution in [0.1, 0.15) is 6.92 Å². The number of halogens is 4. The number of hydrogen-bond acceptors (Lipinski definition) is 3. The molecule has 2 aromatic rings. The highest BCUT2D eigenvalue weighted by molar-refractivity contribution is 7.80. The number of rotatable bonds is 4. The van der Waals surface area contributed by atoms with Crippen LogP contribution in [0.25, 0.3) is 0 Å². The molecule has 0 spiro atoms. The third-order valence-electron chi connectivity index (χ3n) is 2.98. The number of anilines is 1. The Balaban J connectivity index is 1.93. The average Bonchev–Trinajstić information content (AvgIpc) is 2.53. The minimum atomic E-state index is -0.827. The molecule has 0 radical (unpaired) electrons. The molecule has 2 aromatic carbocycles. The van der Waals surface area contributed by atoms with Gasteiger partial charge in [-0.25, -0.2) is 0 Å². The lowest BCUT2D eigenvalue weighted by molar-refractivity contribution is -0.125. The molecule has 0 aliphatic heterocycles. The zero-order valence-corrected chi connectivity index (χ0v) is 16.6. The summed E-state index contributed by atoms with van der Waals surface area (Å²) < 4.78 is 5.52. The van der Waals surface area contributed by atoms with Crippen LogP contribution >= 0.6 is 58.6 Å². The lowest BCUT2D eigenvalue weighted by Gasteiger charge is -2.16. The first kappa shape index (κ1) is 20.1. The van der Waals surface area contributed by atoms with Gasteiger partial charge in [-0.1, -0.05) is 46.4 Å². The lowest BCUT2D eigenvalue weighted by Crippen LogP contribution is -2.42. The zero-order chi connectivity index (χ0) is 18.6. The van der Waals surface area contributed by atoms with Crippen molar-refractivity contribution in [3.63, 3.8) is 0 Å². The van der Waals surface area contributed by atoms with Crippen LogP contribution in [0, 0.1) is 0 Å². The monoisotopic (exact) mass is 436 g/mol. The number of amides is 1. The number of thiocarbonyl (C=S) groups is 1. The second-order valence-electron chi connectivity index (χ2n) is 4.91. The Morgan fingerprint density at radius 3 is 2.40 bits per heavy atom. The van der Waals surface area contributed by atoms with Crippen molar-refractivity contribution in [2.75, 3.05) is 5.32 Å². The molecule has 132 valence electrons. The third kappa shape index (κ3) is 5.90. The number of ether oxygens (including phenoxy) is 1. The number of hydrogen-bond donors (Lipinski definition) is 2. The van der Waals surface area contributed by atoms with Crippen LogP contribution in [0.2, 0.25) is 20.1 Å². The van der Waals surface area contributed by atoms with Gasteiger partial charge in [0.2, 0.25) is 0 Å². The maximum Gasteiger partial charge on any atom is 0.266 e. The molecule has 0 aliphatic carbocycles. The topological polar surface area (TPSA) is 50.4 Å². The van der Waals surface area contributed by atoms with Crippen molar-refractivity contribution >= 4 is 75.3 Å². The Morgan fingerprint density at radius 2 is 1.76 bits per heavy atom. The number of carbonyl (C=O) groups excluding carboxylic acids is 1. The molecule has 0 aliphatic rings. The normalized spacial score (nSPS) is 11.6. The van der Waals surface area contributed by atoms with Gasteiger partial charge in [0.05, 0.1) is 15.1 Å². The molecule has 0 saturated heterocycles. The Morgan fingerprint density at radius 1 is 1.04 bits per heavy atom. The van der Waals surface area contributed by atoms with E-state index in [4.69, 9.17) is 63.4 Å². The van der Waals surface area contributed by atoms with Gasteiger partial charge in [0, 0.05) is 10.7 Å². The Bertz CT molecular complexity index is 817. The SMILES string of the molecule is CC(Oc1ccc(Cl)cc1Cl)C(=O)NC(=S)Nc1ccc(Cl)c(Cl)c1. The standard InChI is InChI=1S/C16H12Cl4N2O2S/c1-8(24-14-5-2-9(17)6-13(14)20)15(23)22-16(25)21-10-3-4-11(18)12(19)7-10/h2-8H,1H3,(H2,21,22,23,25). The van der Waals surface area contributed by atoms with Gasteiger partial charge < -0.3 is 10.1 Å². The van der Waals surface area contributed by atoms with Crippen molar-refractivity contribution in [2.45, 2.75) is 13.0 Å². The maximum atomic E-state index is 12.2. The number of carbonyl (C=O) groups is 1. The fourth-order valence-corrected chi connectivity index (χ4v) is 2.73. The number of nitrogens with one attached hydrogen (secondary N) is 2. The highest BCUT2D eigenvalue weighted by atomic mass is 35.5. The zero-order valence-electron chi connectivity index (χ0n) is 12.8. The summed E-state index contributed by atoms with van der Waals surface area (Å²) in [6, 6.07) is 9.62. The van der Waals surface area contributed by atoms with Gasteiger partial charge in [-0.2, -0.15) is 0 Å². The Hall–Kier alpha value is -1.24. The number of benzene rings is 2. The van der Waals surface area contributed by atoms with Gasteiger partial charge in [0.15, 0.2) is 11.2 Å². The molecule has 0 aromatic heterocycles. The van der Waals surface area contributed by atoms with Crippen LogP contribution in [0.15, 0.2) is 36.4 Å². The smallest absolute Gasteiger partial charge is 0.266 e. The van der Waals surface area contributed by atoms with Crippen molar-refractivity contribution in [1.82, 2.24) is 5.32 Å². The molecule has 0 fully saturated rings. The van der Waals surface area contributed by atoms with Crippen LogP contribution < -0.4 is 15.4 Å². The van der Waals surface area contributed by atoms with E-state index < -0.39 is 12.0 Å². The minimum absolute atomic E-state index is 0.0982. The van der Waals surface area contributed by atoms with Gasteiger partial charge in [0.1, 0.15) is 5.75 Å². The Kier molecular flexibility index (Phi) is 7.16. The first-order chi connectivity index (χ1) is 11.8. The predicted octanol–water partition coefficient (Wildman–Crippen LogP) is 5.58. The van der Waals surface area contributed by atoms with E-state index in [1.807, 2.05) is 0 Å². The molecule has 4 nitrogen and oxygen atoms in total. The summed E-state index contributed by atoms with van der Waals surface area (Å²) in [4.78, 5) is 12.2. The fourth-order valence-electron chi connectivity index (χ4n) is 1.76. The average molecular weight is 438 g/mol. The molecule has 1 atom stereocenters. The lowest BCUT2D eigenvalue weighted by atomic mass is 10.3. The molecule has 2 N–H and O–H groups in total. The van der Waals surface area contributed by atoms with Crippen molar-refractivity contribution in [3.05, 3.63) is 56.5 Å². The highest BCUT2D eigenvalue weighted by Gasteiger charge is 2.17. The summed E-state index contributed by atoms with van der Waals surface area (Å²) >= 11 is 28.7. The first-order valence-corrected chi connectivity index (χ1v) is 8.87. The van der Waals surface area contributed by atoms with Crippen LogP contribution in [0.5, 0.6) is 5.75 Å². The van der Waals surface area contributed by atoms with E-state index in [9.17, 15) is 4.79 Å². The van der Waals surface area contributed by atoms with Crippen LogP contribution in [-0.2, 0) is 4.79 Å². The molecule has 2 rings (SSSR count). The van der Waals surface area contributed by atoms with E-state index in [0.717, 1.165) is 0 Å². The van der Waals surface area contributed by atoms with E-state index in [1.165, 1.54) is 6.07 Å². The second-order valence-corrected chi connectivity index (χ2v) is 6.97.